The zero-order valence-electron chi connectivity index (χ0n) is 12.3. The van der Waals surface area contributed by atoms with Gasteiger partial charge < -0.3 is 10.6 Å². The zero-order chi connectivity index (χ0) is 14.6. The number of halogens is 1. The Bertz CT molecular complexity index is 457. The summed E-state index contributed by atoms with van der Waals surface area (Å²) >= 11 is 0. The summed E-state index contributed by atoms with van der Waals surface area (Å²) in [6.07, 6.45) is 0. The highest BCUT2D eigenvalue weighted by Gasteiger charge is 2.27. The first-order valence-electron chi connectivity index (χ1n) is 6.60. The second kappa shape index (κ2) is 6.15. The number of rotatable bonds is 5. The maximum atomic E-state index is 13.5. The number of nitrogens with one attached hydrogen (secondary N) is 2. The van der Waals surface area contributed by atoms with Crippen LogP contribution in [0, 0.1) is 12.7 Å². The molecule has 1 atom stereocenters. The fourth-order valence-electron chi connectivity index (χ4n) is 1.86. The van der Waals surface area contributed by atoms with Gasteiger partial charge in [-0.25, -0.2) is 4.39 Å². The molecule has 1 aromatic carbocycles. The van der Waals surface area contributed by atoms with Crippen molar-refractivity contribution in [3.63, 3.8) is 0 Å². The second-order valence-electron chi connectivity index (χ2n) is 5.36. The van der Waals surface area contributed by atoms with Crippen molar-refractivity contribution in [1.29, 1.82) is 0 Å². The van der Waals surface area contributed by atoms with Gasteiger partial charge in [0, 0.05) is 0 Å². The molecule has 0 aliphatic heterocycles. The Hall–Kier alpha value is -1.42. The van der Waals surface area contributed by atoms with E-state index in [1.807, 2.05) is 33.8 Å². The van der Waals surface area contributed by atoms with Gasteiger partial charge in [0.15, 0.2) is 0 Å². The standard InChI is InChI=1S/C15H23FN2O/c1-6-17-15(4,5)14(19)18-11(3)12-8-7-10(2)13(16)9-12/h7-9,11,17H,6H2,1-5H3,(H,18,19). The molecule has 3 nitrogen and oxygen atoms in total. The van der Waals surface area contributed by atoms with Crippen LogP contribution in [0.5, 0.6) is 0 Å². The fraction of sp³-hybridized carbons (Fsp3) is 0.533. The summed E-state index contributed by atoms with van der Waals surface area (Å²) in [5.41, 5.74) is 0.741. The smallest absolute Gasteiger partial charge is 0.240 e. The lowest BCUT2D eigenvalue weighted by Crippen LogP contribution is -2.52. The highest BCUT2D eigenvalue weighted by molar-refractivity contribution is 5.85. The van der Waals surface area contributed by atoms with Gasteiger partial charge in [0.1, 0.15) is 5.82 Å². The van der Waals surface area contributed by atoms with Gasteiger partial charge in [-0.1, -0.05) is 19.1 Å². The highest BCUT2D eigenvalue weighted by Crippen LogP contribution is 2.17. The van der Waals surface area contributed by atoms with E-state index in [-0.39, 0.29) is 17.8 Å². The molecule has 0 spiro atoms. The average Bonchev–Trinajstić information content (AvgIpc) is 2.32. The number of carbonyl (C=O) groups excluding carboxylic acids is 1. The molecule has 0 aromatic heterocycles. The molecule has 19 heavy (non-hydrogen) atoms. The Morgan fingerprint density at radius 3 is 2.58 bits per heavy atom. The Kier molecular flexibility index (Phi) is 5.06. The van der Waals surface area contributed by atoms with E-state index in [1.165, 1.54) is 6.07 Å². The quantitative estimate of drug-likeness (QED) is 0.860. The average molecular weight is 266 g/mol. The van der Waals surface area contributed by atoms with Crippen molar-refractivity contribution >= 4 is 5.91 Å². The Morgan fingerprint density at radius 1 is 1.42 bits per heavy atom. The van der Waals surface area contributed by atoms with Crippen LogP contribution in [-0.2, 0) is 4.79 Å². The second-order valence-corrected chi connectivity index (χ2v) is 5.36. The lowest BCUT2D eigenvalue weighted by Gasteiger charge is -2.27. The number of likely N-dealkylation sites (N-methyl/N-ethyl adjacent to an activating group) is 1. The van der Waals surface area contributed by atoms with Crippen LogP contribution >= 0.6 is 0 Å². The van der Waals surface area contributed by atoms with Crippen molar-refractivity contribution in [3.8, 4) is 0 Å². The van der Waals surface area contributed by atoms with Crippen LogP contribution in [0.4, 0.5) is 4.39 Å². The summed E-state index contributed by atoms with van der Waals surface area (Å²) < 4.78 is 13.5. The minimum absolute atomic E-state index is 0.0946. The zero-order valence-corrected chi connectivity index (χ0v) is 12.3. The normalized spacial score (nSPS) is 13.2. The molecule has 0 saturated carbocycles. The first-order chi connectivity index (χ1) is 8.77. The summed E-state index contributed by atoms with van der Waals surface area (Å²) in [5.74, 6) is -0.340. The maximum absolute atomic E-state index is 13.5. The van der Waals surface area contributed by atoms with Crippen molar-refractivity contribution in [2.75, 3.05) is 6.54 Å². The van der Waals surface area contributed by atoms with E-state index in [9.17, 15) is 9.18 Å². The van der Waals surface area contributed by atoms with Crippen molar-refractivity contribution in [3.05, 3.63) is 35.1 Å². The first-order valence-corrected chi connectivity index (χ1v) is 6.60. The highest BCUT2D eigenvalue weighted by atomic mass is 19.1. The van der Waals surface area contributed by atoms with E-state index < -0.39 is 5.54 Å². The Balaban J connectivity index is 2.76. The van der Waals surface area contributed by atoms with Crippen molar-refractivity contribution < 1.29 is 9.18 Å². The van der Waals surface area contributed by atoms with E-state index in [0.717, 1.165) is 5.56 Å². The summed E-state index contributed by atoms with van der Waals surface area (Å²) in [7, 11) is 0. The molecule has 0 aliphatic rings. The third-order valence-electron chi connectivity index (χ3n) is 3.23. The van der Waals surface area contributed by atoms with E-state index in [4.69, 9.17) is 0 Å². The van der Waals surface area contributed by atoms with Crippen LogP contribution < -0.4 is 10.6 Å². The molecule has 0 fully saturated rings. The predicted molar refractivity (Wildman–Crippen MR) is 75.5 cm³/mol. The Morgan fingerprint density at radius 2 is 2.05 bits per heavy atom. The SMILES string of the molecule is CCNC(C)(C)C(=O)NC(C)c1ccc(C)c(F)c1. The number of hydrogen-bond acceptors (Lipinski definition) is 2. The van der Waals surface area contributed by atoms with Gasteiger partial charge in [0.05, 0.1) is 11.6 Å². The first kappa shape index (κ1) is 15.6. The molecule has 106 valence electrons. The third kappa shape index (κ3) is 4.03. The van der Waals surface area contributed by atoms with Crippen LogP contribution in [0.25, 0.3) is 0 Å². The van der Waals surface area contributed by atoms with Gasteiger partial charge in [-0.3, -0.25) is 4.79 Å². The molecule has 1 aromatic rings. The van der Waals surface area contributed by atoms with Gasteiger partial charge >= 0.3 is 0 Å². The molecule has 2 N–H and O–H groups in total. The van der Waals surface area contributed by atoms with Crippen LogP contribution in [0.1, 0.15) is 44.9 Å². The van der Waals surface area contributed by atoms with Crippen molar-refractivity contribution in [2.45, 2.75) is 46.2 Å². The number of aryl methyl sites for hydroxylation is 1. The van der Waals surface area contributed by atoms with Gasteiger partial charge in [0.25, 0.3) is 0 Å². The minimum atomic E-state index is -0.633. The van der Waals surface area contributed by atoms with Crippen molar-refractivity contribution in [2.24, 2.45) is 0 Å². The molecule has 0 saturated heterocycles. The van der Waals surface area contributed by atoms with Gasteiger partial charge in [0.2, 0.25) is 5.91 Å². The summed E-state index contributed by atoms with van der Waals surface area (Å²) in [6, 6.07) is 4.81. The molecule has 0 bridgehead atoms. The summed E-state index contributed by atoms with van der Waals surface area (Å²) in [5, 5.41) is 6.01. The number of carbonyl (C=O) groups is 1. The fourth-order valence-corrected chi connectivity index (χ4v) is 1.86. The van der Waals surface area contributed by atoms with E-state index in [2.05, 4.69) is 10.6 Å². The van der Waals surface area contributed by atoms with Crippen LogP contribution in [0.2, 0.25) is 0 Å². The molecule has 1 rings (SSSR count). The summed E-state index contributed by atoms with van der Waals surface area (Å²) in [4.78, 5) is 12.1. The maximum Gasteiger partial charge on any atom is 0.240 e. The molecule has 0 aliphatic carbocycles. The third-order valence-corrected chi connectivity index (χ3v) is 3.23. The summed E-state index contributed by atoms with van der Waals surface area (Å²) in [6.45, 7) is 9.89. The number of benzene rings is 1. The lowest BCUT2D eigenvalue weighted by molar-refractivity contribution is -0.127. The number of hydrogen-bond donors (Lipinski definition) is 2. The minimum Gasteiger partial charge on any atom is -0.348 e. The van der Waals surface area contributed by atoms with Gasteiger partial charge in [-0.05, 0) is 51.4 Å². The van der Waals surface area contributed by atoms with E-state index in [0.29, 0.717) is 12.1 Å². The molecule has 4 heteroatoms. The van der Waals surface area contributed by atoms with Gasteiger partial charge in [-0.15, -0.1) is 0 Å². The lowest BCUT2D eigenvalue weighted by atomic mass is 10.0. The predicted octanol–water partition coefficient (Wildman–Crippen LogP) is 2.70. The van der Waals surface area contributed by atoms with E-state index >= 15 is 0 Å². The number of amides is 1. The largest absolute Gasteiger partial charge is 0.348 e. The van der Waals surface area contributed by atoms with E-state index in [1.54, 1.807) is 13.0 Å². The topological polar surface area (TPSA) is 41.1 Å². The van der Waals surface area contributed by atoms with Gasteiger partial charge in [-0.2, -0.15) is 0 Å². The Labute approximate surface area is 114 Å². The molecule has 1 amide bonds. The van der Waals surface area contributed by atoms with Crippen molar-refractivity contribution in [1.82, 2.24) is 10.6 Å². The molecule has 0 heterocycles. The molecule has 1 unspecified atom stereocenters. The molecular weight excluding hydrogens is 243 g/mol. The van der Waals surface area contributed by atoms with Crippen LogP contribution in [0.15, 0.2) is 18.2 Å². The monoisotopic (exact) mass is 266 g/mol. The van der Waals surface area contributed by atoms with Crippen LogP contribution in [0.3, 0.4) is 0 Å². The molecule has 0 radical (unpaired) electrons. The molecular formula is C15H23FN2O. The van der Waals surface area contributed by atoms with Crippen LogP contribution in [-0.4, -0.2) is 18.0 Å².